The lowest BCUT2D eigenvalue weighted by molar-refractivity contribution is 0.464. The van der Waals surface area contributed by atoms with E-state index in [0.29, 0.717) is 16.7 Å². The maximum atomic E-state index is 13.8. The molecule has 0 spiro atoms. The molecule has 6 heteroatoms. The third-order valence-corrected chi connectivity index (χ3v) is 4.43. The van der Waals surface area contributed by atoms with E-state index in [1.54, 1.807) is 6.92 Å². The summed E-state index contributed by atoms with van der Waals surface area (Å²) in [5.41, 5.74) is 2.30. The van der Waals surface area contributed by atoms with Crippen molar-refractivity contribution in [3.8, 4) is 11.5 Å². The van der Waals surface area contributed by atoms with E-state index in [1.165, 1.54) is 23.9 Å². The van der Waals surface area contributed by atoms with Gasteiger partial charge in [-0.05, 0) is 31.5 Å². The minimum absolute atomic E-state index is 0.277. The molecule has 0 aliphatic rings. The second kappa shape index (κ2) is 6.50. The molecule has 2 aromatic carbocycles. The van der Waals surface area contributed by atoms with Crippen LogP contribution in [0, 0.1) is 18.6 Å². The quantitative estimate of drug-likeness (QED) is 0.617. The minimum atomic E-state index is -0.594. The van der Waals surface area contributed by atoms with Crippen molar-refractivity contribution >= 4 is 11.8 Å². The first-order valence-corrected chi connectivity index (χ1v) is 7.93. The Bertz CT molecular complexity index is 835. The van der Waals surface area contributed by atoms with E-state index >= 15 is 0 Å². The Kier molecular flexibility index (Phi) is 4.43. The van der Waals surface area contributed by atoms with Crippen LogP contribution in [0.1, 0.15) is 23.3 Å². The first kappa shape index (κ1) is 15.7. The summed E-state index contributed by atoms with van der Waals surface area (Å²) in [6, 6.07) is 11.2. The first-order valence-electron chi connectivity index (χ1n) is 7.05. The van der Waals surface area contributed by atoms with Crippen molar-refractivity contribution in [1.29, 1.82) is 0 Å². The lowest BCUT2D eigenvalue weighted by atomic mass is 10.1. The van der Waals surface area contributed by atoms with E-state index in [0.717, 1.165) is 17.2 Å². The summed E-state index contributed by atoms with van der Waals surface area (Å²) < 4.78 is 32.4. The molecule has 0 amide bonds. The second-order valence-electron chi connectivity index (χ2n) is 5.11. The molecule has 0 radical (unpaired) electrons. The molecule has 0 saturated carbocycles. The Morgan fingerprint density at radius 1 is 1.09 bits per heavy atom. The molecule has 3 rings (SSSR count). The van der Waals surface area contributed by atoms with Crippen LogP contribution in [0.15, 0.2) is 52.1 Å². The third kappa shape index (κ3) is 3.42. The van der Waals surface area contributed by atoms with Crippen LogP contribution >= 0.6 is 11.8 Å². The molecule has 3 aromatic rings. The molecular weight excluding hydrogens is 318 g/mol. The number of thioether (sulfide) groups is 1. The summed E-state index contributed by atoms with van der Waals surface area (Å²) >= 11 is 1.24. The van der Waals surface area contributed by atoms with E-state index < -0.39 is 11.6 Å². The number of aryl methyl sites for hydroxylation is 1. The fraction of sp³-hybridized carbons (Fsp3) is 0.176. The summed E-state index contributed by atoms with van der Waals surface area (Å²) in [4.78, 5) is 0. The Hall–Kier alpha value is -2.21. The predicted molar refractivity (Wildman–Crippen MR) is 85.1 cm³/mol. The van der Waals surface area contributed by atoms with Crippen molar-refractivity contribution < 1.29 is 13.2 Å². The van der Waals surface area contributed by atoms with Crippen molar-refractivity contribution in [2.45, 2.75) is 24.3 Å². The normalized spacial score (nSPS) is 12.3. The fourth-order valence-electron chi connectivity index (χ4n) is 2.22. The van der Waals surface area contributed by atoms with Gasteiger partial charge in [-0.15, -0.1) is 10.2 Å². The largest absolute Gasteiger partial charge is 0.411 e. The lowest BCUT2D eigenvalue weighted by Crippen LogP contribution is -1.94. The van der Waals surface area contributed by atoms with Crippen LogP contribution in [0.3, 0.4) is 0 Å². The molecule has 0 aliphatic carbocycles. The Morgan fingerprint density at radius 2 is 1.87 bits per heavy atom. The van der Waals surface area contributed by atoms with Crippen molar-refractivity contribution in [2.24, 2.45) is 0 Å². The molecule has 23 heavy (non-hydrogen) atoms. The highest BCUT2D eigenvalue weighted by molar-refractivity contribution is 7.99. The van der Waals surface area contributed by atoms with E-state index in [4.69, 9.17) is 4.42 Å². The van der Waals surface area contributed by atoms with Gasteiger partial charge < -0.3 is 4.42 Å². The van der Waals surface area contributed by atoms with Gasteiger partial charge in [0.05, 0.1) is 0 Å². The molecule has 0 aliphatic heterocycles. The van der Waals surface area contributed by atoms with Gasteiger partial charge in [0.1, 0.15) is 11.6 Å². The van der Waals surface area contributed by atoms with Crippen LogP contribution in [-0.4, -0.2) is 10.2 Å². The number of rotatable bonds is 4. The monoisotopic (exact) mass is 332 g/mol. The van der Waals surface area contributed by atoms with E-state index in [-0.39, 0.29) is 5.25 Å². The van der Waals surface area contributed by atoms with Gasteiger partial charge >= 0.3 is 0 Å². The van der Waals surface area contributed by atoms with Crippen LogP contribution in [0.4, 0.5) is 8.78 Å². The van der Waals surface area contributed by atoms with Gasteiger partial charge in [0.15, 0.2) is 0 Å². The maximum Gasteiger partial charge on any atom is 0.277 e. The van der Waals surface area contributed by atoms with Gasteiger partial charge in [-0.25, -0.2) is 8.78 Å². The Morgan fingerprint density at radius 3 is 2.61 bits per heavy atom. The molecule has 118 valence electrons. The highest BCUT2D eigenvalue weighted by Crippen LogP contribution is 2.36. The molecular formula is C17H14F2N2OS. The summed E-state index contributed by atoms with van der Waals surface area (Å²) in [6.07, 6.45) is 0. The zero-order chi connectivity index (χ0) is 16.4. The summed E-state index contributed by atoms with van der Waals surface area (Å²) in [6.45, 7) is 3.77. The number of benzene rings is 2. The van der Waals surface area contributed by atoms with Gasteiger partial charge in [-0.3, -0.25) is 0 Å². The number of hydrogen-bond acceptors (Lipinski definition) is 4. The molecule has 0 fully saturated rings. The maximum absolute atomic E-state index is 13.8. The molecule has 1 atom stereocenters. The first-order chi connectivity index (χ1) is 11.0. The minimum Gasteiger partial charge on any atom is -0.411 e. The van der Waals surface area contributed by atoms with Crippen molar-refractivity contribution in [3.05, 3.63) is 65.2 Å². The number of hydrogen-bond donors (Lipinski definition) is 0. The van der Waals surface area contributed by atoms with Crippen LogP contribution in [-0.2, 0) is 0 Å². The molecule has 0 N–H and O–H groups in total. The topological polar surface area (TPSA) is 38.9 Å². The standard InChI is InChI=1S/C17H14F2N2OS/c1-10-5-3-4-6-13(10)16-20-21-17(22-16)23-11(2)14-8-7-12(18)9-15(14)19/h3-9,11H,1-2H3. The zero-order valence-corrected chi connectivity index (χ0v) is 13.4. The number of nitrogens with zero attached hydrogens (tertiary/aromatic N) is 2. The van der Waals surface area contributed by atoms with E-state index in [9.17, 15) is 8.78 Å². The third-order valence-electron chi connectivity index (χ3n) is 3.46. The van der Waals surface area contributed by atoms with Crippen LogP contribution in [0.5, 0.6) is 0 Å². The Balaban J connectivity index is 1.80. The van der Waals surface area contributed by atoms with Gasteiger partial charge in [-0.1, -0.05) is 36.0 Å². The number of halogens is 2. The summed E-state index contributed by atoms with van der Waals surface area (Å²) in [5, 5.41) is 8.11. The van der Waals surface area contributed by atoms with Gasteiger partial charge in [0.2, 0.25) is 5.89 Å². The average Bonchev–Trinajstić information content (AvgIpc) is 2.95. The van der Waals surface area contributed by atoms with E-state index in [1.807, 2.05) is 31.2 Å². The molecule has 0 bridgehead atoms. The predicted octanol–water partition coefficient (Wildman–Crippen LogP) is 5.18. The van der Waals surface area contributed by atoms with E-state index in [2.05, 4.69) is 10.2 Å². The van der Waals surface area contributed by atoms with Crippen molar-refractivity contribution in [3.63, 3.8) is 0 Å². The highest BCUT2D eigenvalue weighted by Gasteiger charge is 2.17. The summed E-state index contributed by atoms with van der Waals surface area (Å²) in [7, 11) is 0. The molecule has 0 saturated heterocycles. The zero-order valence-electron chi connectivity index (χ0n) is 12.6. The molecule has 1 aromatic heterocycles. The Labute approximate surface area is 136 Å². The van der Waals surface area contributed by atoms with Gasteiger partial charge in [0.25, 0.3) is 5.22 Å². The average molecular weight is 332 g/mol. The van der Waals surface area contributed by atoms with Crippen LogP contribution in [0.25, 0.3) is 11.5 Å². The van der Waals surface area contributed by atoms with Gasteiger partial charge in [0, 0.05) is 22.4 Å². The smallest absolute Gasteiger partial charge is 0.277 e. The molecule has 3 nitrogen and oxygen atoms in total. The second-order valence-corrected chi connectivity index (χ2v) is 6.41. The van der Waals surface area contributed by atoms with Crippen LogP contribution < -0.4 is 0 Å². The van der Waals surface area contributed by atoms with Crippen molar-refractivity contribution in [2.75, 3.05) is 0 Å². The molecule has 1 heterocycles. The van der Waals surface area contributed by atoms with Crippen molar-refractivity contribution in [1.82, 2.24) is 10.2 Å². The number of aromatic nitrogens is 2. The summed E-state index contributed by atoms with van der Waals surface area (Å²) in [5.74, 6) is -0.746. The van der Waals surface area contributed by atoms with Crippen LogP contribution in [0.2, 0.25) is 0 Å². The molecule has 1 unspecified atom stereocenters. The fourth-order valence-corrected chi connectivity index (χ4v) is 3.06. The van der Waals surface area contributed by atoms with Gasteiger partial charge in [-0.2, -0.15) is 0 Å². The highest BCUT2D eigenvalue weighted by atomic mass is 32.2. The SMILES string of the molecule is Cc1ccccc1-c1nnc(SC(C)c2ccc(F)cc2F)o1. The lowest BCUT2D eigenvalue weighted by Gasteiger charge is -2.09.